The summed E-state index contributed by atoms with van der Waals surface area (Å²) in [5.41, 5.74) is 1.83. The molecule has 0 aliphatic rings. The first-order valence-electron chi connectivity index (χ1n) is 14.2. The third kappa shape index (κ3) is 12.7. The van der Waals surface area contributed by atoms with Crippen molar-refractivity contribution in [2.45, 2.75) is 98.9 Å². The maximum Gasteiger partial charge on any atom is 0.243 e. The van der Waals surface area contributed by atoms with E-state index in [9.17, 15) is 9.59 Å². The minimum Gasteiger partial charge on any atom is -0.489 e. The lowest BCUT2D eigenvalue weighted by Gasteiger charge is -2.32. The molecule has 0 spiro atoms. The highest BCUT2D eigenvalue weighted by Gasteiger charge is 2.30. The predicted molar refractivity (Wildman–Crippen MR) is 161 cm³/mol. The predicted octanol–water partition coefficient (Wildman–Crippen LogP) is 5.99. The van der Waals surface area contributed by atoms with Gasteiger partial charge in [0.2, 0.25) is 11.8 Å². The Morgan fingerprint density at radius 2 is 1.49 bits per heavy atom. The molecule has 0 saturated carbocycles. The van der Waals surface area contributed by atoms with Gasteiger partial charge < -0.3 is 15.4 Å². The van der Waals surface area contributed by atoms with Crippen molar-refractivity contribution in [1.82, 2.24) is 15.5 Å². The van der Waals surface area contributed by atoms with Crippen molar-refractivity contribution in [2.24, 2.45) is 11.3 Å². The summed E-state index contributed by atoms with van der Waals surface area (Å²) < 4.78 is 5.92. The van der Waals surface area contributed by atoms with E-state index in [2.05, 4.69) is 50.2 Å². The van der Waals surface area contributed by atoms with Crippen molar-refractivity contribution in [3.8, 4) is 5.75 Å². The maximum atomic E-state index is 13.6. The molecule has 39 heavy (non-hydrogen) atoms. The first-order valence-corrected chi connectivity index (χ1v) is 14.2. The lowest BCUT2D eigenvalue weighted by Crippen LogP contribution is -2.56. The summed E-state index contributed by atoms with van der Waals surface area (Å²) in [5, 5.41) is 6.17. The molecule has 2 rings (SSSR count). The summed E-state index contributed by atoms with van der Waals surface area (Å²) in [6.45, 7) is 18.0. The third-order valence-electron chi connectivity index (χ3n) is 6.49. The first kappa shape index (κ1) is 32.4. The second-order valence-electron chi connectivity index (χ2n) is 13.4. The van der Waals surface area contributed by atoms with Crippen LogP contribution in [0.1, 0.15) is 79.4 Å². The number of rotatable bonds is 13. The van der Waals surface area contributed by atoms with Gasteiger partial charge in [0.05, 0.1) is 6.04 Å². The summed E-state index contributed by atoms with van der Waals surface area (Å²) in [6, 6.07) is 16.8. The number of nitrogens with zero attached hydrogens (tertiary/aromatic N) is 1. The lowest BCUT2D eigenvalue weighted by atomic mass is 9.91. The highest BCUT2D eigenvalue weighted by molar-refractivity contribution is 5.90. The van der Waals surface area contributed by atoms with E-state index in [0.717, 1.165) is 36.3 Å². The van der Waals surface area contributed by atoms with Crippen LogP contribution in [0.5, 0.6) is 5.75 Å². The topological polar surface area (TPSA) is 70.7 Å². The van der Waals surface area contributed by atoms with Gasteiger partial charge in [0.15, 0.2) is 0 Å². The number of ether oxygens (including phenoxy) is 1. The fourth-order valence-corrected chi connectivity index (χ4v) is 4.23. The van der Waals surface area contributed by atoms with E-state index in [1.54, 1.807) is 0 Å². The Balaban J connectivity index is 2.16. The maximum absolute atomic E-state index is 13.6. The van der Waals surface area contributed by atoms with Gasteiger partial charge in [-0.3, -0.25) is 14.5 Å². The monoisotopic (exact) mass is 537 g/mol. The SMILES string of the molecule is CC(C)C[C@H](C(=O)N[C@@H](Cc1ccc(OCc2ccccc2)cc1)C(=O)NC(C)(C)C)N(C)CCC(C)(C)C. The standard InChI is InChI=1S/C33H51N3O3/c1-24(2)21-29(36(9)20-19-32(3,4)5)31(38)34-28(30(37)35-33(6,7)8)22-25-15-17-27(18-16-25)39-23-26-13-11-10-12-14-26/h10-18,24,28-29H,19-23H2,1-9H3,(H,34,38)(H,35,37)/t28-,29+/m0/s1. The molecule has 0 unspecified atom stereocenters. The zero-order chi connectivity index (χ0) is 29.2. The second kappa shape index (κ2) is 14.5. The van der Waals surface area contributed by atoms with Crippen LogP contribution in [0.3, 0.4) is 0 Å². The van der Waals surface area contributed by atoms with E-state index in [1.807, 2.05) is 82.4 Å². The van der Waals surface area contributed by atoms with Crippen molar-refractivity contribution < 1.29 is 14.3 Å². The minimum absolute atomic E-state index is 0.100. The van der Waals surface area contributed by atoms with Gasteiger partial charge in [0.1, 0.15) is 18.4 Å². The average molecular weight is 538 g/mol. The zero-order valence-corrected chi connectivity index (χ0v) is 25.6. The molecular weight excluding hydrogens is 486 g/mol. The fraction of sp³-hybridized carbons (Fsp3) is 0.576. The van der Waals surface area contributed by atoms with E-state index in [1.165, 1.54) is 0 Å². The molecule has 6 heteroatoms. The van der Waals surface area contributed by atoms with Crippen LogP contribution < -0.4 is 15.4 Å². The highest BCUT2D eigenvalue weighted by Crippen LogP contribution is 2.21. The molecule has 6 nitrogen and oxygen atoms in total. The van der Waals surface area contributed by atoms with Gasteiger partial charge in [-0.15, -0.1) is 0 Å². The van der Waals surface area contributed by atoms with Crippen LogP contribution in [0.25, 0.3) is 0 Å². The van der Waals surface area contributed by atoms with E-state index >= 15 is 0 Å². The van der Waals surface area contributed by atoms with Crippen LogP contribution in [0.15, 0.2) is 54.6 Å². The molecule has 216 valence electrons. The van der Waals surface area contributed by atoms with E-state index in [0.29, 0.717) is 18.9 Å². The molecule has 2 aromatic carbocycles. The Labute approximate surface area is 236 Å². The Kier molecular flexibility index (Phi) is 12.0. The molecule has 2 atom stereocenters. The van der Waals surface area contributed by atoms with Crippen LogP contribution in [0.4, 0.5) is 0 Å². The average Bonchev–Trinajstić information content (AvgIpc) is 2.84. The van der Waals surface area contributed by atoms with E-state index in [-0.39, 0.29) is 23.3 Å². The molecule has 0 bridgehead atoms. The Morgan fingerprint density at radius 3 is 2.03 bits per heavy atom. The molecule has 0 aliphatic heterocycles. The number of likely N-dealkylation sites (N-methyl/N-ethyl adjacent to an activating group) is 1. The van der Waals surface area contributed by atoms with Gasteiger partial charge in [0.25, 0.3) is 0 Å². The van der Waals surface area contributed by atoms with Crippen molar-refractivity contribution in [3.63, 3.8) is 0 Å². The molecule has 0 radical (unpaired) electrons. The van der Waals surface area contributed by atoms with E-state index in [4.69, 9.17) is 4.74 Å². The summed E-state index contributed by atoms with van der Waals surface area (Å²) >= 11 is 0. The summed E-state index contributed by atoms with van der Waals surface area (Å²) in [5.74, 6) is 0.834. The van der Waals surface area contributed by atoms with Gasteiger partial charge >= 0.3 is 0 Å². The number of carbonyl (C=O) groups excluding carboxylic acids is 2. The second-order valence-corrected chi connectivity index (χ2v) is 13.4. The smallest absolute Gasteiger partial charge is 0.243 e. The van der Waals surface area contributed by atoms with Crippen molar-refractivity contribution in [3.05, 3.63) is 65.7 Å². The van der Waals surface area contributed by atoms with Gasteiger partial charge in [0, 0.05) is 12.0 Å². The van der Waals surface area contributed by atoms with Crippen LogP contribution in [-0.4, -0.2) is 47.9 Å². The number of hydrogen-bond acceptors (Lipinski definition) is 4. The van der Waals surface area contributed by atoms with Crippen LogP contribution in [0, 0.1) is 11.3 Å². The summed E-state index contributed by atoms with van der Waals surface area (Å²) in [7, 11) is 2.01. The first-order chi connectivity index (χ1) is 18.1. The molecule has 0 fully saturated rings. The lowest BCUT2D eigenvalue weighted by molar-refractivity contribution is -0.132. The number of amides is 2. The molecule has 0 aliphatic carbocycles. The third-order valence-corrected chi connectivity index (χ3v) is 6.49. The number of carbonyl (C=O) groups is 2. The summed E-state index contributed by atoms with van der Waals surface area (Å²) in [4.78, 5) is 29.1. The molecule has 2 aromatic rings. The molecule has 2 N–H and O–H groups in total. The minimum atomic E-state index is -0.682. The van der Waals surface area contributed by atoms with Crippen molar-refractivity contribution in [1.29, 1.82) is 0 Å². The Hall–Kier alpha value is -2.86. The van der Waals surface area contributed by atoms with Gasteiger partial charge in [-0.2, -0.15) is 0 Å². The van der Waals surface area contributed by atoms with Crippen LogP contribution >= 0.6 is 0 Å². The van der Waals surface area contributed by atoms with Crippen molar-refractivity contribution >= 4 is 11.8 Å². The summed E-state index contributed by atoms with van der Waals surface area (Å²) in [6.07, 6.45) is 2.11. The zero-order valence-electron chi connectivity index (χ0n) is 25.6. The van der Waals surface area contributed by atoms with Crippen molar-refractivity contribution in [2.75, 3.05) is 13.6 Å². The van der Waals surface area contributed by atoms with Gasteiger partial charge in [-0.05, 0) is 81.8 Å². The normalized spacial score (nSPS) is 13.7. The van der Waals surface area contributed by atoms with E-state index < -0.39 is 11.6 Å². The largest absolute Gasteiger partial charge is 0.489 e. The molecule has 0 heterocycles. The number of nitrogens with one attached hydrogen (secondary N) is 2. The quantitative estimate of drug-likeness (QED) is 0.329. The number of benzene rings is 2. The molecule has 0 aromatic heterocycles. The molecule has 0 saturated heterocycles. The van der Waals surface area contributed by atoms with Gasteiger partial charge in [-0.25, -0.2) is 0 Å². The Morgan fingerprint density at radius 1 is 0.872 bits per heavy atom. The van der Waals surface area contributed by atoms with Gasteiger partial charge in [-0.1, -0.05) is 77.1 Å². The fourth-order valence-electron chi connectivity index (χ4n) is 4.23. The van der Waals surface area contributed by atoms with Crippen LogP contribution in [0.2, 0.25) is 0 Å². The molecular formula is C33H51N3O3. The Bertz CT molecular complexity index is 1020. The molecule has 2 amide bonds. The number of hydrogen-bond donors (Lipinski definition) is 2. The van der Waals surface area contributed by atoms with Crippen LogP contribution in [-0.2, 0) is 22.6 Å². The highest BCUT2D eigenvalue weighted by atomic mass is 16.5.